The van der Waals surface area contributed by atoms with Gasteiger partial charge in [-0.1, -0.05) is 12.1 Å². The number of nitrogens with zero attached hydrogens (tertiary/aromatic N) is 1. The smallest absolute Gasteiger partial charge is 0.257 e. The Labute approximate surface area is 104 Å². The first kappa shape index (κ1) is 12.0. The lowest BCUT2D eigenvalue weighted by molar-refractivity contribution is -0.122. The van der Waals surface area contributed by atoms with Gasteiger partial charge in [0, 0.05) is 6.54 Å². The van der Waals surface area contributed by atoms with Crippen molar-refractivity contribution < 1.29 is 13.9 Å². The largest absolute Gasteiger partial charge is 0.478 e. The van der Waals surface area contributed by atoms with E-state index in [1.54, 1.807) is 18.2 Å². The maximum Gasteiger partial charge on any atom is 0.257 e. The molecule has 0 radical (unpaired) electrons. The highest BCUT2D eigenvalue weighted by molar-refractivity contribution is 5.87. The predicted octanol–water partition coefficient (Wildman–Crippen LogP) is 1.82. The number of furan rings is 1. The van der Waals surface area contributed by atoms with E-state index in [9.17, 15) is 4.79 Å². The van der Waals surface area contributed by atoms with Gasteiger partial charge in [-0.05, 0) is 19.1 Å². The Bertz CT molecular complexity index is 610. The molecular formula is C13H12N2O3. The van der Waals surface area contributed by atoms with Crippen molar-refractivity contribution in [3.63, 3.8) is 0 Å². The van der Waals surface area contributed by atoms with Gasteiger partial charge in [-0.15, -0.1) is 0 Å². The fourth-order valence-corrected chi connectivity index (χ4v) is 1.62. The normalized spacial score (nSPS) is 10.0. The average molecular weight is 244 g/mol. The zero-order valence-electron chi connectivity index (χ0n) is 9.90. The van der Waals surface area contributed by atoms with E-state index in [0.717, 1.165) is 0 Å². The number of nitriles is 1. The number of hydrogen-bond donors (Lipinski definition) is 1. The number of nitrogens with one attached hydrogen (secondary N) is 1. The van der Waals surface area contributed by atoms with Gasteiger partial charge in [0.15, 0.2) is 12.4 Å². The average Bonchev–Trinajstić information content (AvgIpc) is 2.74. The van der Waals surface area contributed by atoms with Crippen LogP contribution >= 0.6 is 0 Å². The van der Waals surface area contributed by atoms with Crippen LogP contribution in [-0.4, -0.2) is 19.1 Å². The summed E-state index contributed by atoms with van der Waals surface area (Å²) in [4.78, 5) is 11.3. The standard InChI is InChI=1S/C13H12N2O3/c1-2-15-12(16)8-17-13-9-5-3-4-6-10(9)18-11(13)7-14/h3-6H,2,8H2,1H3,(H,15,16). The van der Waals surface area contributed by atoms with Crippen molar-refractivity contribution in [2.45, 2.75) is 6.92 Å². The van der Waals surface area contributed by atoms with E-state index in [2.05, 4.69) is 5.32 Å². The summed E-state index contributed by atoms with van der Waals surface area (Å²) in [5.41, 5.74) is 0.569. The van der Waals surface area contributed by atoms with E-state index in [1.165, 1.54) is 0 Å². The molecule has 2 aromatic rings. The first-order valence-corrected chi connectivity index (χ1v) is 5.57. The van der Waals surface area contributed by atoms with Gasteiger partial charge in [-0.2, -0.15) is 5.26 Å². The van der Waals surface area contributed by atoms with Crippen LogP contribution in [0.15, 0.2) is 28.7 Å². The van der Waals surface area contributed by atoms with Gasteiger partial charge in [-0.3, -0.25) is 4.79 Å². The number of carbonyl (C=O) groups excluding carboxylic acids is 1. The monoisotopic (exact) mass is 244 g/mol. The molecule has 2 rings (SSSR count). The Morgan fingerprint density at radius 2 is 2.28 bits per heavy atom. The molecule has 1 aromatic heterocycles. The summed E-state index contributed by atoms with van der Waals surface area (Å²) in [6.07, 6.45) is 0. The molecule has 0 aliphatic rings. The Morgan fingerprint density at radius 3 is 3.00 bits per heavy atom. The topological polar surface area (TPSA) is 75.3 Å². The second-order valence-corrected chi connectivity index (χ2v) is 3.61. The molecule has 0 saturated carbocycles. The van der Waals surface area contributed by atoms with Crippen molar-refractivity contribution in [3.05, 3.63) is 30.0 Å². The third-order valence-electron chi connectivity index (χ3n) is 2.37. The second-order valence-electron chi connectivity index (χ2n) is 3.61. The number of ether oxygens (including phenoxy) is 1. The third-order valence-corrected chi connectivity index (χ3v) is 2.37. The molecule has 0 spiro atoms. The minimum atomic E-state index is -0.230. The van der Waals surface area contributed by atoms with Crippen molar-refractivity contribution in [2.75, 3.05) is 13.2 Å². The van der Waals surface area contributed by atoms with Crippen molar-refractivity contribution in [1.29, 1.82) is 5.26 Å². The molecule has 18 heavy (non-hydrogen) atoms. The molecule has 0 aliphatic heterocycles. The minimum Gasteiger partial charge on any atom is -0.478 e. The molecule has 0 bridgehead atoms. The molecule has 1 heterocycles. The number of para-hydroxylation sites is 1. The number of likely N-dealkylation sites (N-methyl/N-ethyl adjacent to an activating group) is 1. The Balaban J connectivity index is 2.26. The van der Waals surface area contributed by atoms with Gasteiger partial charge < -0.3 is 14.5 Å². The number of benzene rings is 1. The van der Waals surface area contributed by atoms with Gasteiger partial charge in [0.05, 0.1) is 5.39 Å². The Morgan fingerprint density at radius 1 is 1.50 bits per heavy atom. The van der Waals surface area contributed by atoms with Crippen molar-refractivity contribution in [2.24, 2.45) is 0 Å². The quantitative estimate of drug-likeness (QED) is 0.890. The van der Waals surface area contributed by atoms with Crippen molar-refractivity contribution in [1.82, 2.24) is 5.32 Å². The fraction of sp³-hybridized carbons (Fsp3) is 0.231. The number of carbonyl (C=O) groups is 1. The van der Waals surface area contributed by atoms with E-state index in [-0.39, 0.29) is 18.3 Å². The van der Waals surface area contributed by atoms with Crippen LogP contribution in [0, 0.1) is 11.3 Å². The Hall–Kier alpha value is -2.48. The lowest BCUT2D eigenvalue weighted by Crippen LogP contribution is -2.28. The molecular weight excluding hydrogens is 232 g/mol. The molecule has 0 unspecified atom stereocenters. The lowest BCUT2D eigenvalue weighted by Gasteiger charge is -2.04. The van der Waals surface area contributed by atoms with Crippen LogP contribution in [0.5, 0.6) is 5.75 Å². The van der Waals surface area contributed by atoms with Crippen molar-refractivity contribution in [3.8, 4) is 11.8 Å². The van der Waals surface area contributed by atoms with Gasteiger partial charge in [0.1, 0.15) is 11.7 Å². The van der Waals surface area contributed by atoms with Crippen LogP contribution in [0.3, 0.4) is 0 Å². The summed E-state index contributed by atoms with van der Waals surface area (Å²) in [7, 11) is 0. The van der Waals surface area contributed by atoms with Crippen LogP contribution < -0.4 is 10.1 Å². The van der Waals surface area contributed by atoms with Crippen LogP contribution in [0.1, 0.15) is 12.7 Å². The molecule has 92 valence electrons. The van der Waals surface area contributed by atoms with Gasteiger partial charge in [-0.25, -0.2) is 0 Å². The van der Waals surface area contributed by atoms with Crippen LogP contribution in [0.2, 0.25) is 0 Å². The lowest BCUT2D eigenvalue weighted by atomic mass is 10.2. The second kappa shape index (κ2) is 5.23. The molecule has 1 amide bonds. The molecule has 0 aliphatic carbocycles. The molecule has 0 atom stereocenters. The maximum absolute atomic E-state index is 11.3. The maximum atomic E-state index is 11.3. The molecule has 5 heteroatoms. The summed E-state index contributed by atoms with van der Waals surface area (Å²) in [5.74, 6) is 0.173. The van der Waals surface area contributed by atoms with Crippen LogP contribution in [0.4, 0.5) is 0 Å². The molecule has 5 nitrogen and oxygen atoms in total. The van der Waals surface area contributed by atoms with Gasteiger partial charge in [0.25, 0.3) is 5.91 Å². The summed E-state index contributed by atoms with van der Waals surface area (Å²) in [5, 5.41) is 12.3. The van der Waals surface area contributed by atoms with E-state index in [0.29, 0.717) is 23.3 Å². The van der Waals surface area contributed by atoms with Crippen LogP contribution in [0.25, 0.3) is 11.0 Å². The van der Waals surface area contributed by atoms with Gasteiger partial charge in [0.2, 0.25) is 5.76 Å². The predicted molar refractivity (Wildman–Crippen MR) is 65.1 cm³/mol. The zero-order chi connectivity index (χ0) is 13.0. The molecule has 1 N–H and O–H groups in total. The minimum absolute atomic E-state index is 0.0838. The number of amides is 1. The highest BCUT2D eigenvalue weighted by Crippen LogP contribution is 2.32. The highest BCUT2D eigenvalue weighted by Gasteiger charge is 2.15. The first-order chi connectivity index (χ1) is 8.76. The number of rotatable bonds is 4. The van der Waals surface area contributed by atoms with E-state index >= 15 is 0 Å². The summed E-state index contributed by atoms with van der Waals surface area (Å²) in [6, 6.07) is 9.07. The summed E-state index contributed by atoms with van der Waals surface area (Å²) in [6.45, 7) is 2.23. The summed E-state index contributed by atoms with van der Waals surface area (Å²) >= 11 is 0. The van der Waals surface area contributed by atoms with Crippen LogP contribution in [-0.2, 0) is 4.79 Å². The summed E-state index contributed by atoms with van der Waals surface area (Å²) < 4.78 is 10.7. The molecule has 1 aromatic carbocycles. The van der Waals surface area contributed by atoms with E-state index < -0.39 is 0 Å². The number of hydrogen-bond acceptors (Lipinski definition) is 4. The highest BCUT2D eigenvalue weighted by atomic mass is 16.5. The first-order valence-electron chi connectivity index (χ1n) is 5.57. The third kappa shape index (κ3) is 2.28. The Kier molecular flexibility index (Phi) is 3.49. The van der Waals surface area contributed by atoms with E-state index in [4.69, 9.17) is 14.4 Å². The molecule has 0 saturated heterocycles. The zero-order valence-corrected chi connectivity index (χ0v) is 9.90. The van der Waals surface area contributed by atoms with Crippen molar-refractivity contribution >= 4 is 16.9 Å². The fourth-order valence-electron chi connectivity index (χ4n) is 1.62. The van der Waals surface area contributed by atoms with Gasteiger partial charge >= 0.3 is 0 Å². The number of fused-ring (bicyclic) bond motifs is 1. The van der Waals surface area contributed by atoms with E-state index in [1.807, 2.05) is 19.1 Å². The molecule has 0 fully saturated rings. The SMILES string of the molecule is CCNC(=O)COc1c(C#N)oc2ccccc12.